The van der Waals surface area contributed by atoms with Crippen LogP contribution in [0, 0.1) is 5.82 Å². The van der Waals surface area contributed by atoms with Gasteiger partial charge in [0.1, 0.15) is 5.82 Å². The molecule has 1 aliphatic heterocycles. The summed E-state index contributed by atoms with van der Waals surface area (Å²) in [6, 6.07) is 9.30. The predicted octanol–water partition coefficient (Wildman–Crippen LogP) is 2.60. The van der Waals surface area contributed by atoms with Crippen LogP contribution >= 0.6 is 0 Å². The van der Waals surface area contributed by atoms with Crippen molar-refractivity contribution in [1.29, 1.82) is 0 Å². The minimum atomic E-state index is -0.374. The number of pyridine rings is 1. The van der Waals surface area contributed by atoms with Gasteiger partial charge < -0.3 is 15.1 Å². The van der Waals surface area contributed by atoms with Crippen LogP contribution in [0.3, 0.4) is 0 Å². The Balaban J connectivity index is 1.67. The van der Waals surface area contributed by atoms with Crippen LogP contribution in [-0.4, -0.2) is 72.4 Å². The van der Waals surface area contributed by atoms with E-state index in [0.717, 1.165) is 38.3 Å². The van der Waals surface area contributed by atoms with Gasteiger partial charge in [0, 0.05) is 31.9 Å². The largest absolute Gasteiger partial charge is 0.376 e. The second kappa shape index (κ2) is 10.5. The van der Waals surface area contributed by atoms with Crippen molar-refractivity contribution in [2.24, 2.45) is 0 Å². The molecule has 0 fully saturated rings. The number of rotatable bonds is 9. The number of nitrogens with zero attached hydrogens (tertiary/aromatic N) is 4. The number of benzene rings is 1. The van der Waals surface area contributed by atoms with Crippen molar-refractivity contribution >= 4 is 11.6 Å². The maximum atomic E-state index is 13.2. The molecule has 2 aromatic rings. The molecular formula is C23H32FN5O. The molecule has 1 aromatic heterocycles. The Bertz CT molecular complexity index is 840. The summed E-state index contributed by atoms with van der Waals surface area (Å²) in [6.07, 6.45) is 2.23. The lowest BCUT2D eigenvalue weighted by Gasteiger charge is -2.30. The highest BCUT2D eigenvalue weighted by Gasteiger charge is 2.19. The van der Waals surface area contributed by atoms with Gasteiger partial charge in [0.2, 0.25) is 5.91 Å². The zero-order valence-electron chi connectivity index (χ0n) is 18.2. The topological polar surface area (TPSA) is 51.7 Å². The number of anilines is 1. The Hall–Kier alpha value is -2.51. The van der Waals surface area contributed by atoms with Crippen LogP contribution < -0.4 is 5.32 Å². The molecule has 1 aliphatic rings. The number of aromatic nitrogens is 1. The number of carbonyl (C=O) groups is 1. The van der Waals surface area contributed by atoms with Gasteiger partial charge in [-0.05, 0) is 56.4 Å². The number of fused-ring (bicyclic) bond motifs is 1. The number of amides is 1. The summed E-state index contributed by atoms with van der Waals surface area (Å²) in [5, 5.41) is 3.37. The maximum Gasteiger partial charge on any atom is 0.242 e. The SMILES string of the molecule is CCN1CCc2cccc(NCC(=O)N(CCN(C)C)Cc3ccc(F)cn3)c2C1. The van der Waals surface area contributed by atoms with Gasteiger partial charge in [0.15, 0.2) is 0 Å². The fourth-order valence-corrected chi connectivity index (χ4v) is 3.66. The van der Waals surface area contributed by atoms with Crippen molar-refractivity contribution in [3.8, 4) is 0 Å². The predicted molar refractivity (Wildman–Crippen MR) is 118 cm³/mol. The summed E-state index contributed by atoms with van der Waals surface area (Å²) in [7, 11) is 3.96. The average Bonchev–Trinajstić information content (AvgIpc) is 2.75. The zero-order valence-corrected chi connectivity index (χ0v) is 18.2. The first-order valence-corrected chi connectivity index (χ1v) is 10.6. The molecule has 162 valence electrons. The summed E-state index contributed by atoms with van der Waals surface area (Å²) in [5.41, 5.74) is 4.36. The summed E-state index contributed by atoms with van der Waals surface area (Å²) in [6.45, 7) is 7.11. The maximum absolute atomic E-state index is 13.2. The molecule has 1 amide bonds. The molecule has 0 saturated carbocycles. The number of hydrogen-bond acceptors (Lipinski definition) is 5. The van der Waals surface area contributed by atoms with Gasteiger partial charge in [-0.1, -0.05) is 19.1 Å². The van der Waals surface area contributed by atoms with Crippen LogP contribution in [-0.2, 0) is 24.3 Å². The Morgan fingerprint density at radius 2 is 2.07 bits per heavy atom. The van der Waals surface area contributed by atoms with Gasteiger partial charge in [-0.15, -0.1) is 0 Å². The molecule has 7 heteroatoms. The van der Waals surface area contributed by atoms with Gasteiger partial charge in [-0.3, -0.25) is 14.7 Å². The standard InChI is InChI=1S/C23H32FN5O/c1-4-28-11-10-18-6-5-7-22(21(18)17-28)26-15-23(30)29(13-12-27(2)3)16-20-9-8-19(24)14-25-20/h5-9,14,26H,4,10-13,15-17H2,1-3H3. The van der Waals surface area contributed by atoms with Gasteiger partial charge in [0.25, 0.3) is 0 Å². The summed E-state index contributed by atoms with van der Waals surface area (Å²) >= 11 is 0. The van der Waals surface area contributed by atoms with Gasteiger partial charge in [-0.2, -0.15) is 0 Å². The second-order valence-corrected chi connectivity index (χ2v) is 8.00. The van der Waals surface area contributed by atoms with E-state index in [1.54, 1.807) is 11.0 Å². The highest BCUT2D eigenvalue weighted by Crippen LogP contribution is 2.26. The molecule has 0 bridgehead atoms. The van der Waals surface area contributed by atoms with Crippen molar-refractivity contribution in [3.63, 3.8) is 0 Å². The van der Waals surface area contributed by atoms with Crippen LogP contribution in [0.2, 0.25) is 0 Å². The lowest BCUT2D eigenvalue weighted by molar-refractivity contribution is -0.130. The zero-order chi connectivity index (χ0) is 21.5. The van der Waals surface area contributed by atoms with Crippen molar-refractivity contribution in [1.82, 2.24) is 19.7 Å². The van der Waals surface area contributed by atoms with E-state index in [2.05, 4.69) is 40.3 Å². The first-order valence-electron chi connectivity index (χ1n) is 10.6. The number of carbonyl (C=O) groups excluding carboxylic acids is 1. The summed E-state index contributed by atoms with van der Waals surface area (Å²) < 4.78 is 13.2. The van der Waals surface area contributed by atoms with E-state index in [4.69, 9.17) is 0 Å². The first-order chi connectivity index (χ1) is 14.5. The Morgan fingerprint density at radius 1 is 1.23 bits per heavy atom. The van der Waals surface area contributed by atoms with E-state index in [9.17, 15) is 9.18 Å². The third-order valence-electron chi connectivity index (χ3n) is 5.54. The number of likely N-dealkylation sites (N-methyl/N-ethyl adjacent to an activating group) is 2. The normalized spacial score (nSPS) is 13.9. The van der Waals surface area contributed by atoms with Gasteiger partial charge >= 0.3 is 0 Å². The van der Waals surface area contributed by atoms with E-state index in [1.807, 2.05) is 19.0 Å². The molecule has 0 atom stereocenters. The Kier molecular flexibility index (Phi) is 7.76. The molecule has 2 heterocycles. The second-order valence-electron chi connectivity index (χ2n) is 8.00. The van der Waals surface area contributed by atoms with E-state index in [-0.39, 0.29) is 18.3 Å². The minimum absolute atomic E-state index is 0.00346. The monoisotopic (exact) mass is 413 g/mol. The van der Waals surface area contributed by atoms with E-state index < -0.39 is 0 Å². The molecular weight excluding hydrogens is 381 g/mol. The Labute approximate surface area is 178 Å². The molecule has 6 nitrogen and oxygen atoms in total. The van der Waals surface area contributed by atoms with Crippen LogP contribution in [0.5, 0.6) is 0 Å². The lowest BCUT2D eigenvalue weighted by Crippen LogP contribution is -2.39. The molecule has 0 unspecified atom stereocenters. The number of nitrogens with one attached hydrogen (secondary N) is 1. The molecule has 0 radical (unpaired) electrons. The number of hydrogen-bond donors (Lipinski definition) is 1. The molecule has 3 rings (SSSR count). The van der Waals surface area contributed by atoms with Crippen molar-refractivity contribution in [2.75, 3.05) is 52.1 Å². The molecule has 0 saturated heterocycles. The highest BCUT2D eigenvalue weighted by atomic mass is 19.1. The van der Waals surface area contributed by atoms with Gasteiger partial charge in [-0.25, -0.2) is 4.39 Å². The van der Waals surface area contributed by atoms with Crippen molar-refractivity contribution in [3.05, 3.63) is 59.2 Å². The van der Waals surface area contributed by atoms with Crippen LogP contribution in [0.1, 0.15) is 23.7 Å². The molecule has 0 aliphatic carbocycles. The lowest BCUT2D eigenvalue weighted by atomic mass is 9.98. The molecule has 0 spiro atoms. The quantitative estimate of drug-likeness (QED) is 0.685. The fourth-order valence-electron chi connectivity index (χ4n) is 3.66. The van der Waals surface area contributed by atoms with Crippen molar-refractivity contribution < 1.29 is 9.18 Å². The summed E-state index contributed by atoms with van der Waals surface area (Å²) in [4.78, 5) is 23.4. The molecule has 1 N–H and O–H groups in total. The van der Waals surface area contributed by atoms with Gasteiger partial charge in [0.05, 0.1) is 25.0 Å². The van der Waals surface area contributed by atoms with E-state index in [1.165, 1.54) is 23.4 Å². The average molecular weight is 414 g/mol. The minimum Gasteiger partial charge on any atom is -0.376 e. The van der Waals surface area contributed by atoms with E-state index >= 15 is 0 Å². The number of halogens is 1. The Morgan fingerprint density at radius 3 is 2.77 bits per heavy atom. The summed E-state index contributed by atoms with van der Waals surface area (Å²) in [5.74, 6) is -0.370. The van der Waals surface area contributed by atoms with Crippen LogP contribution in [0.15, 0.2) is 36.5 Å². The molecule has 1 aromatic carbocycles. The third kappa shape index (κ3) is 6.00. The smallest absolute Gasteiger partial charge is 0.242 e. The molecule has 30 heavy (non-hydrogen) atoms. The van der Waals surface area contributed by atoms with Crippen LogP contribution in [0.4, 0.5) is 10.1 Å². The van der Waals surface area contributed by atoms with Crippen molar-refractivity contribution in [2.45, 2.75) is 26.4 Å². The van der Waals surface area contributed by atoms with E-state index in [0.29, 0.717) is 18.8 Å². The fraction of sp³-hybridized carbons (Fsp3) is 0.478. The van der Waals surface area contributed by atoms with Crippen LogP contribution in [0.25, 0.3) is 0 Å². The first kappa shape index (κ1) is 22.2. The third-order valence-corrected chi connectivity index (χ3v) is 5.54. The highest BCUT2D eigenvalue weighted by molar-refractivity contribution is 5.81.